The van der Waals surface area contributed by atoms with Crippen LogP contribution in [0.3, 0.4) is 0 Å². The summed E-state index contributed by atoms with van der Waals surface area (Å²) in [4.78, 5) is 24.8. The zero-order chi connectivity index (χ0) is 24.2. The molecular weight excluding hydrogens is 445 g/mol. The number of hydrogen-bond acceptors (Lipinski definition) is 4. The number of anilines is 3. The molecule has 0 fully saturated rings. The molecule has 3 rings (SSSR count). The number of carbonyl (C=O) groups excluding carboxylic acids is 2. The Hall–Kier alpha value is -3.72. The van der Waals surface area contributed by atoms with Gasteiger partial charge in [-0.15, -0.1) is 0 Å². The Balaban J connectivity index is 1.75. The van der Waals surface area contributed by atoms with Gasteiger partial charge in [-0.2, -0.15) is 0 Å². The maximum atomic E-state index is 13.1. The standard InChI is InChI=1S/C24H24FN3O4S/c1-24(2,3)23(30)27-18-12-10-17(11-13-18)26-22(29)20-6-4-5-7-21(20)28-33(31,32)19-14-8-16(25)9-15-19/h4-15,28H,1-3H3,(H,26,29)(H,27,30). The Labute approximate surface area is 192 Å². The third-order valence-electron chi connectivity index (χ3n) is 4.62. The van der Waals surface area contributed by atoms with E-state index < -0.39 is 27.2 Å². The number of nitrogens with one attached hydrogen (secondary N) is 3. The molecular formula is C24H24FN3O4S. The van der Waals surface area contributed by atoms with Gasteiger partial charge in [0.1, 0.15) is 5.82 Å². The average molecular weight is 470 g/mol. The molecule has 0 bridgehead atoms. The Morgan fingerprint density at radius 1 is 0.788 bits per heavy atom. The molecule has 0 unspecified atom stereocenters. The van der Waals surface area contributed by atoms with Crippen molar-refractivity contribution < 1.29 is 22.4 Å². The molecule has 2 amide bonds. The normalized spacial score (nSPS) is 11.5. The molecule has 3 aromatic carbocycles. The Morgan fingerprint density at radius 2 is 1.33 bits per heavy atom. The van der Waals surface area contributed by atoms with Gasteiger partial charge in [0.2, 0.25) is 5.91 Å². The number of benzene rings is 3. The third kappa shape index (κ3) is 6.17. The first-order chi connectivity index (χ1) is 15.5. The Kier molecular flexibility index (Phi) is 6.83. The lowest BCUT2D eigenvalue weighted by atomic mass is 9.95. The van der Waals surface area contributed by atoms with E-state index in [-0.39, 0.29) is 22.1 Å². The number of sulfonamides is 1. The van der Waals surface area contributed by atoms with E-state index in [2.05, 4.69) is 15.4 Å². The molecule has 0 radical (unpaired) electrons. The van der Waals surface area contributed by atoms with Gasteiger partial charge in [0.05, 0.1) is 16.1 Å². The van der Waals surface area contributed by atoms with Gasteiger partial charge in [-0.05, 0) is 60.7 Å². The molecule has 0 saturated carbocycles. The van der Waals surface area contributed by atoms with Gasteiger partial charge in [0.15, 0.2) is 0 Å². The van der Waals surface area contributed by atoms with E-state index in [0.29, 0.717) is 11.4 Å². The largest absolute Gasteiger partial charge is 0.326 e. The number of halogens is 1. The summed E-state index contributed by atoms with van der Waals surface area (Å²) in [5, 5.41) is 5.50. The minimum Gasteiger partial charge on any atom is -0.326 e. The maximum absolute atomic E-state index is 13.1. The first kappa shape index (κ1) is 23.9. The van der Waals surface area contributed by atoms with Crippen molar-refractivity contribution in [3.05, 3.63) is 84.2 Å². The van der Waals surface area contributed by atoms with Crippen LogP contribution in [0.15, 0.2) is 77.7 Å². The molecule has 0 spiro atoms. The van der Waals surface area contributed by atoms with Crippen LogP contribution in [-0.4, -0.2) is 20.2 Å². The number of amides is 2. The lowest BCUT2D eigenvalue weighted by molar-refractivity contribution is -0.123. The fraction of sp³-hybridized carbons (Fsp3) is 0.167. The predicted molar refractivity (Wildman–Crippen MR) is 126 cm³/mol. The summed E-state index contributed by atoms with van der Waals surface area (Å²) < 4.78 is 40.8. The topological polar surface area (TPSA) is 104 Å². The molecule has 9 heteroatoms. The van der Waals surface area contributed by atoms with Crippen molar-refractivity contribution in [1.29, 1.82) is 0 Å². The molecule has 33 heavy (non-hydrogen) atoms. The van der Waals surface area contributed by atoms with E-state index in [1.54, 1.807) is 57.2 Å². The maximum Gasteiger partial charge on any atom is 0.261 e. The second kappa shape index (κ2) is 9.41. The molecule has 0 aromatic heterocycles. The highest BCUT2D eigenvalue weighted by atomic mass is 32.2. The van der Waals surface area contributed by atoms with Crippen LogP contribution in [0.5, 0.6) is 0 Å². The molecule has 172 valence electrons. The van der Waals surface area contributed by atoms with Gasteiger partial charge in [-0.3, -0.25) is 14.3 Å². The zero-order valence-electron chi connectivity index (χ0n) is 18.3. The predicted octanol–water partition coefficient (Wildman–Crippen LogP) is 4.86. The van der Waals surface area contributed by atoms with Crippen molar-refractivity contribution in [2.75, 3.05) is 15.4 Å². The summed E-state index contributed by atoms with van der Waals surface area (Å²) in [6.07, 6.45) is 0. The SMILES string of the molecule is CC(C)(C)C(=O)Nc1ccc(NC(=O)c2ccccc2NS(=O)(=O)c2ccc(F)cc2)cc1. The molecule has 3 aromatic rings. The summed E-state index contributed by atoms with van der Waals surface area (Å²) >= 11 is 0. The highest BCUT2D eigenvalue weighted by molar-refractivity contribution is 7.92. The van der Waals surface area contributed by atoms with Gasteiger partial charge in [0, 0.05) is 16.8 Å². The number of hydrogen-bond donors (Lipinski definition) is 3. The minimum atomic E-state index is -4.03. The van der Waals surface area contributed by atoms with E-state index in [1.165, 1.54) is 12.1 Å². The summed E-state index contributed by atoms with van der Waals surface area (Å²) in [5.41, 5.74) is 0.685. The second-order valence-electron chi connectivity index (χ2n) is 8.34. The average Bonchev–Trinajstić information content (AvgIpc) is 2.75. The Bertz CT molecular complexity index is 1270. The van der Waals surface area contributed by atoms with Crippen molar-refractivity contribution in [3.8, 4) is 0 Å². The molecule has 0 heterocycles. The van der Waals surface area contributed by atoms with Crippen LogP contribution in [-0.2, 0) is 14.8 Å². The zero-order valence-corrected chi connectivity index (χ0v) is 19.2. The van der Waals surface area contributed by atoms with Gasteiger partial charge < -0.3 is 10.6 Å². The summed E-state index contributed by atoms with van der Waals surface area (Å²) in [5.74, 6) is -1.22. The molecule has 7 nitrogen and oxygen atoms in total. The highest BCUT2D eigenvalue weighted by Crippen LogP contribution is 2.23. The van der Waals surface area contributed by atoms with Crippen molar-refractivity contribution >= 4 is 38.9 Å². The fourth-order valence-electron chi connectivity index (χ4n) is 2.74. The van der Waals surface area contributed by atoms with Crippen LogP contribution in [0.4, 0.5) is 21.5 Å². The van der Waals surface area contributed by atoms with Crippen LogP contribution >= 0.6 is 0 Å². The molecule has 0 aliphatic carbocycles. The summed E-state index contributed by atoms with van der Waals surface area (Å²) in [7, 11) is -4.03. The second-order valence-corrected chi connectivity index (χ2v) is 10.0. The van der Waals surface area contributed by atoms with Gasteiger partial charge in [-0.25, -0.2) is 12.8 Å². The van der Waals surface area contributed by atoms with E-state index in [0.717, 1.165) is 24.3 Å². The molecule has 3 N–H and O–H groups in total. The van der Waals surface area contributed by atoms with Crippen molar-refractivity contribution in [2.24, 2.45) is 5.41 Å². The van der Waals surface area contributed by atoms with E-state index in [4.69, 9.17) is 0 Å². The number of para-hydroxylation sites is 1. The third-order valence-corrected chi connectivity index (χ3v) is 6.00. The monoisotopic (exact) mass is 469 g/mol. The molecule has 0 saturated heterocycles. The van der Waals surface area contributed by atoms with Crippen molar-refractivity contribution in [2.45, 2.75) is 25.7 Å². The van der Waals surface area contributed by atoms with Gasteiger partial charge in [0.25, 0.3) is 15.9 Å². The van der Waals surface area contributed by atoms with Crippen molar-refractivity contribution in [1.82, 2.24) is 0 Å². The first-order valence-corrected chi connectivity index (χ1v) is 11.5. The van der Waals surface area contributed by atoms with Crippen molar-refractivity contribution in [3.63, 3.8) is 0 Å². The quantitative estimate of drug-likeness (QED) is 0.479. The number of carbonyl (C=O) groups is 2. The molecule has 0 aliphatic heterocycles. The van der Waals surface area contributed by atoms with E-state index in [9.17, 15) is 22.4 Å². The van der Waals surface area contributed by atoms with Crippen LogP contribution in [0, 0.1) is 11.2 Å². The number of rotatable bonds is 6. The van der Waals surface area contributed by atoms with Gasteiger partial charge in [-0.1, -0.05) is 32.9 Å². The summed E-state index contributed by atoms with van der Waals surface area (Å²) in [6, 6.07) is 17.1. The van der Waals surface area contributed by atoms with Gasteiger partial charge >= 0.3 is 0 Å². The Morgan fingerprint density at radius 3 is 1.91 bits per heavy atom. The molecule has 0 atom stereocenters. The van der Waals surface area contributed by atoms with Crippen LogP contribution < -0.4 is 15.4 Å². The highest BCUT2D eigenvalue weighted by Gasteiger charge is 2.21. The summed E-state index contributed by atoms with van der Waals surface area (Å²) in [6.45, 7) is 5.41. The first-order valence-electron chi connectivity index (χ1n) is 10.1. The van der Waals surface area contributed by atoms with E-state index >= 15 is 0 Å². The van der Waals surface area contributed by atoms with Crippen LogP contribution in [0.25, 0.3) is 0 Å². The lowest BCUT2D eigenvalue weighted by Gasteiger charge is -2.18. The molecule has 0 aliphatic rings. The lowest BCUT2D eigenvalue weighted by Crippen LogP contribution is -2.27. The van der Waals surface area contributed by atoms with Crippen LogP contribution in [0.2, 0.25) is 0 Å². The van der Waals surface area contributed by atoms with Crippen LogP contribution in [0.1, 0.15) is 31.1 Å². The minimum absolute atomic E-state index is 0.0772. The fourth-order valence-corrected chi connectivity index (χ4v) is 3.82. The van der Waals surface area contributed by atoms with E-state index in [1.807, 2.05) is 0 Å². The smallest absolute Gasteiger partial charge is 0.261 e.